The van der Waals surface area contributed by atoms with Crippen molar-refractivity contribution in [2.75, 3.05) is 7.11 Å². The molecule has 1 rings (SSSR count). The Morgan fingerprint density at radius 1 is 1.40 bits per heavy atom. The van der Waals surface area contributed by atoms with Crippen molar-refractivity contribution in [3.05, 3.63) is 29.3 Å². The first-order valence-electron chi connectivity index (χ1n) is 5.41. The summed E-state index contributed by atoms with van der Waals surface area (Å²) in [5.74, 6) is 0.929. The molecule has 1 aromatic carbocycles. The van der Waals surface area contributed by atoms with E-state index in [9.17, 15) is 4.79 Å². The molecule has 0 aromatic heterocycles. The maximum absolute atomic E-state index is 10.2. The lowest BCUT2D eigenvalue weighted by Crippen LogP contribution is -1.94. The van der Waals surface area contributed by atoms with Crippen molar-refractivity contribution in [2.45, 2.75) is 32.6 Å². The highest BCUT2D eigenvalue weighted by Gasteiger charge is 2.03. The van der Waals surface area contributed by atoms with E-state index in [-0.39, 0.29) is 0 Å². The standard InChI is InChI=1S/C13H18O2/c1-3-11-7-8-13(15-2)12(10-11)6-4-5-9-14/h7-10H,3-6H2,1-2H3. The minimum absolute atomic E-state index is 0.625. The molecule has 0 aliphatic heterocycles. The summed E-state index contributed by atoms with van der Waals surface area (Å²) >= 11 is 0. The average molecular weight is 206 g/mol. The highest BCUT2D eigenvalue weighted by atomic mass is 16.5. The fourth-order valence-corrected chi connectivity index (χ4v) is 1.62. The van der Waals surface area contributed by atoms with E-state index < -0.39 is 0 Å². The molecular weight excluding hydrogens is 188 g/mol. The van der Waals surface area contributed by atoms with Crippen molar-refractivity contribution in [3.63, 3.8) is 0 Å². The number of unbranched alkanes of at least 4 members (excludes halogenated alkanes) is 1. The summed E-state index contributed by atoms with van der Waals surface area (Å²) < 4.78 is 5.29. The van der Waals surface area contributed by atoms with Crippen LogP contribution in [-0.4, -0.2) is 13.4 Å². The number of ether oxygens (including phenoxy) is 1. The molecule has 0 fully saturated rings. The van der Waals surface area contributed by atoms with Crippen molar-refractivity contribution < 1.29 is 9.53 Å². The average Bonchev–Trinajstić information content (AvgIpc) is 2.29. The smallest absolute Gasteiger partial charge is 0.122 e. The quantitative estimate of drug-likeness (QED) is 0.528. The Morgan fingerprint density at radius 3 is 2.80 bits per heavy atom. The molecule has 0 radical (unpaired) electrons. The lowest BCUT2D eigenvalue weighted by atomic mass is 10.0. The molecule has 0 saturated carbocycles. The Hall–Kier alpha value is -1.31. The molecule has 2 heteroatoms. The number of aryl methyl sites for hydroxylation is 2. The highest BCUT2D eigenvalue weighted by molar-refractivity contribution is 5.49. The Balaban J connectivity index is 2.76. The van der Waals surface area contributed by atoms with Crippen LogP contribution in [0.25, 0.3) is 0 Å². The number of rotatable bonds is 6. The molecule has 15 heavy (non-hydrogen) atoms. The van der Waals surface area contributed by atoms with Crippen LogP contribution in [0.2, 0.25) is 0 Å². The van der Waals surface area contributed by atoms with Gasteiger partial charge in [-0.3, -0.25) is 0 Å². The van der Waals surface area contributed by atoms with Crippen LogP contribution < -0.4 is 4.74 Å². The molecule has 0 aliphatic carbocycles. The van der Waals surface area contributed by atoms with Crippen LogP contribution in [0.5, 0.6) is 5.75 Å². The second-order valence-corrected chi connectivity index (χ2v) is 3.56. The van der Waals surface area contributed by atoms with Gasteiger partial charge in [-0.2, -0.15) is 0 Å². The van der Waals surface area contributed by atoms with Crippen LogP contribution in [0.4, 0.5) is 0 Å². The summed E-state index contributed by atoms with van der Waals surface area (Å²) in [7, 11) is 1.68. The molecule has 0 amide bonds. The van der Waals surface area contributed by atoms with Gasteiger partial charge in [0, 0.05) is 6.42 Å². The first-order chi connectivity index (χ1) is 7.31. The van der Waals surface area contributed by atoms with Crippen LogP contribution in [0.3, 0.4) is 0 Å². The molecule has 0 saturated heterocycles. The van der Waals surface area contributed by atoms with Gasteiger partial charge in [-0.1, -0.05) is 19.1 Å². The van der Waals surface area contributed by atoms with E-state index in [1.165, 1.54) is 11.1 Å². The molecule has 1 aromatic rings. The maximum atomic E-state index is 10.2. The minimum Gasteiger partial charge on any atom is -0.496 e. The molecule has 0 aliphatic rings. The van der Waals surface area contributed by atoms with Crippen LogP contribution in [0, 0.1) is 0 Å². The van der Waals surface area contributed by atoms with E-state index in [0.717, 1.165) is 31.3 Å². The van der Waals surface area contributed by atoms with Gasteiger partial charge in [0.25, 0.3) is 0 Å². The normalized spacial score (nSPS) is 10.0. The Bertz CT molecular complexity index is 318. The largest absolute Gasteiger partial charge is 0.496 e. The molecule has 0 bridgehead atoms. The van der Waals surface area contributed by atoms with Crippen molar-refractivity contribution in [3.8, 4) is 5.75 Å². The molecule has 0 atom stereocenters. The summed E-state index contributed by atoms with van der Waals surface area (Å²) in [6.07, 6.45) is 4.43. The van der Waals surface area contributed by atoms with Gasteiger partial charge in [0.15, 0.2) is 0 Å². The summed E-state index contributed by atoms with van der Waals surface area (Å²) in [4.78, 5) is 10.2. The van der Waals surface area contributed by atoms with E-state index in [1.54, 1.807) is 7.11 Å². The third-order valence-electron chi connectivity index (χ3n) is 2.52. The second kappa shape index (κ2) is 6.23. The number of methoxy groups -OCH3 is 1. The first-order valence-corrected chi connectivity index (χ1v) is 5.41. The van der Waals surface area contributed by atoms with Gasteiger partial charge in [0.2, 0.25) is 0 Å². The lowest BCUT2D eigenvalue weighted by molar-refractivity contribution is -0.107. The van der Waals surface area contributed by atoms with Crippen LogP contribution in [0.15, 0.2) is 18.2 Å². The Labute approximate surface area is 91.3 Å². The third-order valence-corrected chi connectivity index (χ3v) is 2.52. The van der Waals surface area contributed by atoms with Gasteiger partial charge < -0.3 is 9.53 Å². The van der Waals surface area contributed by atoms with Crippen molar-refractivity contribution in [1.29, 1.82) is 0 Å². The maximum Gasteiger partial charge on any atom is 0.122 e. The molecule has 0 spiro atoms. The van der Waals surface area contributed by atoms with Crippen molar-refractivity contribution >= 4 is 6.29 Å². The summed E-state index contributed by atoms with van der Waals surface area (Å²) in [5, 5.41) is 0. The van der Waals surface area contributed by atoms with Gasteiger partial charge in [-0.25, -0.2) is 0 Å². The zero-order valence-corrected chi connectivity index (χ0v) is 9.45. The van der Waals surface area contributed by atoms with Gasteiger partial charge in [-0.15, -0.1) is 0 Å². The monoisotopic (exact) mass is 206 g/mol. The summed E-state index contributed by atoms with van der Waals surface area (Å²) in [6.45, 7) is 2.14. The van der Waals surface area contributed by atoms with Gasteiger partial charge >= 0.3 is 0 Å². The topological polar surface area (TPSA) is 26.3 Å². The van der Waals surface area contributed by atoms with Crippen LogP contribution in [0.1, 0.15) is 30.9 Å². The first kappa shape index (κ1) is 11.8. The van der Waals surface area contributed by atoms with E-state index in [1.807, 2.05) is 6.07 Å². The fraction of sp³-hybridized carbons (Fsp3) is 0.462. The summed E-state index contributed by atoms with van der Waals surface area (Å²) in [5.41, 5.74) is 2.52. The van der Waals surface area contributed by atoms with Gasteiger partial charge in [0.05, 0.1) is 7.11 Å². The number of hydrogen-bond donors (Lipinski definition) is 0. The molecule has 2 nitrogen and oxygen atoms in total. The second-order valence-electron chi connectivity index (χ2n) is 3.56. The molecule has 82 valence electrons. The molecule has 0 heterocycles. The number of carbonyl (C=O) groups excluding carboxylic acids is 1. The lowest BCUT2D eigenvalue weighted by Gasteiger charge is -2.09. The Morgan fingerprint density at radius 2 is 2.20 bits per heavy atom. The van der Waals surface area contributed by atoms with Crippen molar-refractivity contribution in [2.24, 2.45) is 0 Å². The number of aldehydes is 1. The van der Waals surface area contributed by atoms with E-state index in [2.05, 4.69) is 19.1 Å². The van der Waals surface area contributed by atoms with Crippen LogP contribution in [-0.2, 0) is 17.6 Å². The SMILES string of the molecule is CCc1ccc(OC)c(CCCC=O)c1. The van der Waals surface area contributed by atoms with E-state index in [0.29, 0.717) is 6.42 Å². The van der Waals surface area contributed by atoms with Crippen molar-refractivity contribution in [1.82, 2.24) is 0 Å². The van der Waals surface area contributed by atoms with E-state index in [4.69, 9.17) is 4.74 Å². The zero-order chi connectivity index (χ0) is 11.1. The number of hydrogen-bond acceptors (Lipinski definition) is 2. The van der Waals surface area contributed by atoms with Gasteiger partial charge in [-0.05, 0) is 36.5 Å². The predicted octanol–water partition coefficient (Wildman–Crippen LogP) is 2.78. The molecule has 0 N–H and O–H groups in total. The number of carbonyl (C=O) groups is 1. The van der Waals surface area contributed by atoms with Gasteiger partial charge in [0.1, 0.15) is 12.0 Å². The summed E-state index contributed by atoms with van der Waals surface area (Å²) in [6, 6.07) is 6.26. The highest BCUT2D eigenvalue weighted by Crippen LogP contribution is 2.21. The van der Waals surface area contributed by atoms with Crippen LogP contribution >= 0.6 is 0 Å². The fourth-order valence-electron chi connectivity index (χ4n) is 1.62. The predicted molar refractivity (Wildman–Crippen MR) is 61.4 cm³/mol. The minimum atomic E-state index is 0.625. The van der Waals surface area contributed by atoms with E-state index >= 15 is 0 Å². The molecule has 0 unspecified atom stereocenters. The Kier molecular flexibility index (Phi) is 4.88. The number of benzene rings is 1. The third kappa shape index (κ3) is 3.39. The molecular formula is C13H18O2. The zero-order valence-electron chi connectivity index (χ0n) is 9.45.